The number of likely N-dealkylation sites (tertiary alicyclic amines) is 1. The molecule has 0 aromatic carbocycles. The third-order valence-electron chi connectivity index (χ3n) is 4.02. The molecule has 0 amide bonds. The number of carboxylic acids is 1. The van der Waals surface area contributed by atoms with Crippen molar-refractivity contribution in [2.24, 2.45) is 0 Å². The Kier molecular flexibility index (Phi) is 5.02. The minimum Gasteiger partial charge on any atom is -0.481 e. The Morgan fingerprint density at radius 2 is 2.42 bits per heavy atom. The number of hydrogen-bond donors (Lipinski definition) is 1. The van der Waals surface area contributed by atoms with E-state index >= 15 is 0 Å². The molecule has 2 atom stereocenters. The van der Waals surface area contributed by atoms with Crippen molar-refractivity contribution >= 4 is 5.97 Å². The summed E-state index contributed by atoms with van der Waals surface area (Å²) in [6.45, 7) is 3.21. The third-order valence-corrected chi connectivity index (χ3v) is 4.02. The van der Waals surface area contributed by atoms with Crippen molar-refractivity contribution in [2.45, 2.75) is 57.5 Å². The van der Waals surface area contributed by atoms with Gasteiger partial charge in [-0.15, -0.1) is 0 Å². The van der Waals surface area contributed by atoms with Gasteiger partial charge >= 0.3 is 5.97 Å². The maximum absolute atomic E-state index is 10.8. The molecule has 1 saturated heterocycles. The number of hydrogen-bond acceptors (Lipinski definition) is 3. The van der Waals surface area contributed by atoms with Crippen LogP contribution >= 0.6 is 0 Å². The number of carboxylic acid groups (broad SMARTS) is 1. The number of furan rings is 1. The normalized spacial score (nSPS) is 22.3. The molecule has 1 aliphatic rings. The molecule has 2 heterocycles. The van der Waals surface area contributed by atoms with Crippen molar-refractivity contribution in [1.29, 1.82) is 0 Å². The van der Waals surface area contributed by atoms with E-state index in [-0.39, 0.29) is 12.5 Å². The van der Waals surface area contributed by atoms with Crippen LogP contribution in [0.25, 0.3) is 0 Å². The first kappa shape index (κ1) is 14.1. The Labute approximate surface area is 114 Å². The lowest BCUT2D eigenvalue weighted by atomic mass is 9.94. The highest BCUT2D eigenvalue weighted by atomic mass is 16.4. The quantitative estimate of drug-likeness (QED) is 0.856. The molecule has 1 aliphatic heterocycles. The molecule has 19 heavy (non-hydrogen) atoms. The summed E-state index contributed by atoms with van der Waals surface area (Å²) in [5, 5.41) is 8.87. The van der Waals surface area contributed by atoms with Crippen LogP contribution in [0.4, 0.5) is 0 Å². The lowest BCUT2D eigenvalue weighted by molar-refractivity contribution is -0.137. The molecule has 1 fully saturated rings. The molecule has 2 unspecified atom stereocenters. The van der Waals surface area contributed by atoms with E-state index in [1.165, 1.54) is 12.8 Å². The number of aliphatic carboxylic acids is 1. The molecule has 106 valence electrons. The van der Waals surface area contributed by atoms with Crippen molar-refractivity contribution in [3.63, 3.8) is 0 Å². The summed E-state index contributed by atoms with van der Waals surface area (Å²) in [7, 11) is 0. The predicted octanol–water partition coefficient (Wildman–Crippen LogP) is 3.45. The highest BCUT2D eigenvalue weighted by Gasteiger charge is 2.30. The average Bonchev–Trinajstić information content (AvgIpc) is 2.92. The first-order valence-electron chi connectivity index (χ1n) is 7.23. The van der Waals surface area contributed by atoms with Gasteiger partial charge in [0.15, 0.2) is 0 Å². The molecule has 0 aliphatic carbocycles. The molecule has 1 N–H and O–H groups in total. The van der Waals surface area contributed by atoms with Crippen LogP contribution in [0.15, 0.2) is 22.8 Å². The van der Waals surface area contributed by atoms with Crippen LogP contribution < -0.4 is 0 Å². The van der Waals surface area contributed by atoms with Crippen molar-refractivity contribution in [2.75, 3.05) is 6.54 Å². The van der Waals surface area contributed by atoms with Crippen LogP contribution in [-0.4, -0.2) is 28.6 Å². The largest absolute Gasteiger partial charge is 0.481 e. The Balaban J connectivity index is 2.06. The van der Waals surface area contributed by atoms with Gasteiger partial charge in [0.2, 0.25) is 0 Å². The number of piperidine rings is 1. The fourth-order valence-corrected chi connectivity index (χ4v) is 3.11. The summed E-state index contributed by atoms with van der Waals surface area (Å²) < 4.78 is 5.56. The number of carbonyl (C=O) groups is 1. The summed E-state index contributed by atoms with van der Waals surface area (Å²) in [6.07, 6.45) is 7.22. The van der Waals surface area contributed by atoms with Gasteiger partial charge in [0.25, 0.3) is 0 Å². The lowest BCUT2D eigenvalue weighted by Crippen LogP contribution is -2.42. The van der Waals surface area contributed by atoms with Gasteiger partial charge < -0.3 is 9.52 Å². The van der Waals surface area contributed by atoms with E-state index in [4.69, 9.17) is 9.52 Å². The zero-order valence-electron chi connectivity index (χ0n) is 11.5. The van der Waals surface area contributed by atoms with Gasteiger partial charge in [0, 0.05) is 12.5 Å². The second-order valence-electron chi connectivity index (χ2n) is 5.26. The van der Waals surface area contributed by atoms with E-state index < -0.39 is 5.97 Å². The lowest BCUT2D eigenvalue weighted by Gasteiger charge is -2.40. The maximum Gasteiger partial charge on any atom is 0.303 e. The van der Waals surface area contributed by atoms with Gasteiger partial charge in [-0.1, -0.05) is 13.3 Å². The van der Waals surface area contributed by atoms with Gasteiger partial charge in [0.1, 0.15) is 5.76 Å². The molecule has 0 radical (unpaired) electrons. The molecular formula is C15H23NO3. The van der Waals surface area contributed by atoms with E-state index in [9.17, 15) is 4.79 Å². The second kappa shape index (κ2) is 6.75. The smallest absolute Gasteiger partial charge is 0.303 e. The third kappa shape index (κ3) is 3.60. The standard InChI is InChI=1S/C15H23NO3/c1-2-13(14-7-5-11-19-14)16-10-4-3-6-12(16)8-9-15(17)18/h5,7,11-13H,2-4,6,8-10H2,1H3,(H,17,18). The maximum atomic E-state index is 10.8. The Bertz CT molecular complexity index is 388. The van der Waals surface area contributed by atoms with Crippen LogP contribution in [0.1, 0.15) is 57.3 Å². The monoisotopic (exact) mass is 265 g/mol. The highest BCUT2D eigenvalue weighted by molar-refractivity contribution is 5.66. The van der Waals surface area contributed by atoms with Crippen LogP contribution in [0, 0.1) is 0 Å². The Morgan fingerprint density at radius 1 is 1.58 bits per heavy atom. The summed E-state index contributed by atoms with van der Waals surface area (Å²) in [5.41, 5.74) is 0. The summed E-state index contributed by atoms with van der Waals surface area (Å²) in [4.78, 5) is 13.2. The fraction of sp³-hybridized carbons (Fsp3) is 0.667. The van der Waals surface area contributed by atoms with Crippen molar-refractivity contribution < 1.29 is 14.3 Å². The van der Waals surface area contributed by atoms with E-state index in [2.05, 4.69) is 11.8 Å². The zero-order valence-corrected chi connectivity index (χ0v) is 11.5. The van der Waals surface area contributed by atoms with Gasteiger partial charge in [-0.05, 0) is 44.4 Å². The van der Waals surface area contributed by atoms with Crippen LogP contribution in [0.5, 0.6) is 0 Å². The van der Waals surface area contributed by atoms with Crippen molar-refractivity contribution in [1.82, 2.24) is 4.90 Å². The van der Waals surface area contributed by atoms with Crippen LogP contribution in [-0.2, 0) is 4.79 Å². The van der Waals surface area contributed by atoms with E-state index in [1.54, 1.807) is 6.26 Å². The Hall–Kier alpha value is -1.29. The van der Waals surface area contributed by atoms with Crippen molar-refractivity contribution in [3.8, 4) is 0 Å². The molecule has 0 bridgehead atoms. The predicted molar refractivity (Wildman–Crippen MR) is 73.0 cm³/mol. The second-order valence-corrected chi connectivity index (χ2v) is 5.26. The molecule has 1 aromatic heterocycles. The van der Waals surface area contributed by atoms with Gasteiger partial charge in [0.05, 0.1) is 12.3 Å². The summed E-state index contributed by atoms with van der Waals surface area (Å²) in [6, 6.07) is 4.61. The molecule has 0 spiro atoms. The summed E-state index contributed by atoms with van der Waals surface area (Å²) >= 11 is 0. The number of nitrogens with zero attached hydrogens (tertiary/aromatic N) is 1. The topological polar surface area (TPSA) is 53.7 Å². The minimum absolute atomic E-state index is 0.260. The van der Waals surface area contributed by atoms with E-state index in [0.717, 1.165) is 31.6 Å². The van der Waals surface area contributed by atoms with Gasteiger partial charge in [-0.2, -0.15) is 0 Å². The van der Waals surface area contributed by atoms with Crippen LogP contribution in [0.2, 0.25) is 0 Å². The Morgan fingerprint density at radius 3 is 3.05 bits per heavy atom. The van der Waals surface area contributed by atoms with Gasteiger partial charge in [-0.3, -0.25) is 9.69 Å². The first-order chi connectivity index (χ1) is 9.22. The zero-order chi connectivity index (χ0) is 13.7. The molecule has 4 nitrogen and oxygen atoms in total. The van der Waals surface area contributed by atoms with Crippen LogP contribution in [0.3, 0.4) is 0 Å². The molecular weight excluding hydrogens is 242 g/mol. The summed E-state index contributed by atoms with van der Waals surface area (Å²) in [5.74, 6) is 0.307. The van der Waals surface area contributed by atoms with Gasteiger partial charge in [-0.25, -0.2) is 0 Å². The van der Waals surface area contributed by atoms with E-state index in [1.807, 2.05) is 12.1 Å². The molecule has 0 saturated carbocycles. The van der Waals surface area contributed by atoms with E-state index in [0.29, 0.717) is 6.04 Å². The SMILES string of the molecule is CCC(c1ccco1)N1CCCCC1CCC(=O)O. The fourth-order valence-electron chi connectivity index (χ4n) is 3.11. The molecule has 4 heteroatoms. The molecule has 2 rings (SSSR count). The van der Waals surface area contributed by atoms with Crippen molar-refractivity contribution in [3.05, 3.63) is 24.2 Å². The molecule has 1 aromatic rings. The minimum atomic E-state index is -0.698. The highest BCUT2D eigenvalue weighted by Crippen LogP contribution is 2.32. The number of rotatable bonds is 6. The first-order valence-corrected chi connectivity index (χ1v) is 7.23. The average molecular weight is 265 g/mol.